The van der Waals surface area contributed by atoms with Gasteiger partial charge in [-0.2, -0.15) is 0 Å². The van der Waals surface area contributed by atoms with Crippen molar-refractivity contribution in [3.8, 4) is 5.75 Å². The average Bonchev–Trinajstić information content (AvgIpc) is 2.68. The summed E-state index contributed by atoms with van der Waals surface area (Å²) in [6.45, 7) is 11.4. The zero-order chi connectivity index (χ0) is 19.4. The van der Waals surface area contributed by atoms with Crippen LogP contribution in [0.25, 0.3) is 5.57 Å². The average molecular weight is 361 g/mol. The van der Waals surface area contributed by atoms with Crippen LogP contribution in [0.4, 0.5) is 0 Å². The van der Waals surface area contributed by atoms with Crippen LogP contribution in [-0.4, -0.2) is 23.8 Å². The summed E-state index contributed by atoms with van der Waals surface area (Å²) in [7, 11) is 0. The minimum Gasteiger partial charge on any atom is -0.494 e. The molecule has 3 rings (SSSR count). The Morgan fingerprint density at radius 1 is 1.22 bits per heavy atom. The molecule has 2 aromatic rings. The first-order valence-electron chi connectivity index (χ1n) is 9.51. The summed E-state index contributed by atoms with van der Waals surface area (Å²) < 4.78 is 5.61. The molecule has 0 amide bonds. The number of hydrogen-bond donors (Lipinski definition) is 0. The number of nitrogens with zero attached hydrogens (tertiary/aromatic N) is 1. The molecule has 3 nitrogen and oxygen atoms in total. The van der Waals surface area contributed by atoms with Gasteiger partial charge in [0.1, 0.15) is 5.75 Å². The molecule has 0 aromatic heterocycles. The van der Waals surface area contributed by atoms with E-state index in [4.69, 9.17) is 4.74 Å². The third-order valence-electron chi connectivity index (χ3n) is 4.94. The molecule has 27 heavy (non-hydrogen) atoms. The van der Waals surface area contributed by atoms with Gasteiger partial charge in [0.25, 0.3) is 0 Å². The van der Waals surface area contributed by atoms with Gasteiger partial charge in [-0.15, -0.1) is 0 Å². The van der Waals surface area contributed by atoms with E-state index in [-0.39, 0.29) is 11.7 Å². The van der Waals surface area contributed by atoms with Crippen LogP contribution >= 0.6 is 0 Å². The van der Waals surface area contributed by atoms with Gasteiger partial charge in [-0.1, -0.05) is 56.8 Å². The number of allylic oxidation sites excluding steroid dienone is 1. The zero-order valence-corrected chi connectivity index (χ0v) is 16.3. The molecule has 0 N–H and O–H groups in total. The highest BCUT2D eigenvalue weighted by molar-refractivity contribution is 6.24. The van der Waals surface area contributed by atoms with Crippen molar-refractivity contribution in [1.29, 1.82) is 0 Å². The number of carbonyl (C=O) groups is 1. The highest BCUT2D eigenvalue weighted by Crippen LogP contribution is 2.33. The third kappa shape index (κ3) is 4.13. The van der Waals surface area contributed by atoms with E-state index in [0.29, 0.717) is 24.6 Å². The van der Waals surface area contributed by atoms with Crippen LogP contribution < -0.4 is 4.74 Å². The maximum Gasteiger partial charge on any atom is 0.174 e. The van der Waals surface area contributed by atoms with Crippen molar-refractivity contribution in [2.24, 2.45) is 0 Å². The Bertz CT molecular complexity index is 866. The Labute approximate surface area is 162 Å². The smallest absolute Gasteiger partial charge is 0.174 e. The van der Waals surface area contributed by atoms with Gasteiger partial charge < -0.3 is 9.64 Å². The van der Waals surface area contributed by atoms with Crippen molar-refractivity contribution >= 4 is 11.4 Å². The number of ether oxygens (including phenoxy) is 1. The van der Waals surface area contributed by atoms with Crippen molar-refractivity contribution in [1.82, 2.24) is 4.90 Å². The molecule has 140 valence electrons. The van der Waals surface area contributed by atoms with Crippen LogP contribution in [0.5, 0.6) is 5.75 Å². The topological polar surface area (TPSA) is 29.5 Å². The SMILES string of the molecule is C=CN1C=C(c2cccc(OCC)c2)C(=O)C(c2cccc(C(C)C)c2)C1. The van der Waals surface area contributed by atoms with Crippen molar-refractivity contribution < 1.29 is 9.53 Å². The summed E-state index contributed by atoms with van der Waals surface area (Å²) in [5.41, 5.74) is 3.88. The predicted octanol–water partition coefficient (Wildman–Crippen LogP) is 5.36. The van der Waals surface area contributed by atoms with E-state index in [9.17, 15) is 4.79 Å². The van der Waals surface area contributed by atoms with Gasteiger partial charge >= 0.3 is 0 Å². The minimum atomic E-state index is -0.211. The number of hydrogen-bond acceptors (Lipinski definition) is 3. The van der Waals surface area contributed by atoms with Crippen LogP contribution in [0, 0.1) is 0 Å². The van der Waals surface area contributed by atoms with Crippen LogP contribution in [-0.2, 0) is 4.79 Å². The summed E-state index contributed by atoms with van der Waals surface area (Å²) in [5.74, 6) is 1.13. The van der Waals surface area contributed by atoms with Crippen molar-refractivity contribution in [3.05, 3.63) is 84.2 Å². The molecule has 1 aliphatic rings. The summed E-state index contributed by atoms with van der Waals surface area (Å²) in [6, 6.07) is 16.1. The second-order valence-electron chi connectivity index (χ2n) is 7.12. The molecular weight excluding hydrogens is 334 g/mol. The highest BCUT2D eigenvalue weighted by Gasteiger charge is 2.30. The van der Waals surface area contributed by atoms with E-state index in [1.807, 2.05) is 48.4 Å². The number of benzene rings is 2. The number of Topliss-reactive ketones (excluding diaryl/α,β-unsaturated/α-hetero) is 1. The molecule has 1 heterocycles. The van der Waals surface area contributed by atoms with Gasteiger partial charge in [0.2, 0.25) is 0 Å². The van der Waals surface area contributed by atoms with Crippen LogP contribution in [0.1, 0.15) is 49.3 Å². The quantitative estimate of drug-likeness (QED) is 0.693. The van der Waals surface area contributed by atoms with Gasteiger partial charge in [-0.05, 0) is 47.9 Å². The second kappa shape index (κ2) is 8.26. The lowest BCUT2D eigenvalue weighted by Gasteiger charge is -2.30. The lowest BCUT2D eigenvalue weighted by atomic mass is 9.84. The lowest BCUT2D eigenvalue weighted by Crippen LogP contribution is -2.31. The van der Waals surface area contributed by atoms with Crippen molar-refractivity contribution in [2.45, 2.75) is 32.6 Å². The Morgan fingerprint density at radius 2 is 2.00 bits per heavy atom. The molecule has 0 saturated heterocycles. The minimum absolute atomic E-state index is 0.141. The summed E-state index contributed by atoms with van der Waals surface area (Å²) in [5, 5.41) is 0. The number of carbonyl (C=O) groups excluding carboxylic acids is 1. The molecule has 0 radical (unpaired) electrons. The molecule has 0 bridgehead atoms. The van der Waals surface area contributed by atoms with Gasteiger partial charge in [-0.25, -0.2) is 0 Å². The van der Waals surface area contributed by atoms with E-state index < -0.39 is 0 Å². The van der Waals surface area contributed by atoms with E-state index in [1.165, 1.54) is 5.56 Å². The van der Waals surface area contributed by atoms with Gasteiger partial charge in [-0.3, -0.25) is 4.79 Å². The fourth-order valence-electron chi connectivity index (χ4n) is 3.42. The summed E-state index contributed by atoms with van der Waals surface area (Å²) in [6.07, 6.45) is 3.67. The molecule has 2 aromatic carbocycles. The van der Waals surface area contributed by atoms with Gasteiger partial charge in [0, 0.05) is 18.3 Å². The number of rotatable bonds is 6. The first kappa shape index (κ1) is 19.0. The molecule has 1 atom stereocenters. The third-order valence-corrected chi connectivity index (χ3v) is 4.94. The normalized spacial score (nSPS) is 17.0. The van der Waals surface area contributed by atoms with Crippen molar-refractivity contribution in [2.75, 3.05) is 13.2 Å². The Balaban J connectivity index is 1.99. The monoisotopic (exact) mass is 361 g/mol. The summed E-state index contributed by atoms with van der Waals surface area (Å²) >= 11 is 0. The molecule has 3 heteroatoms. The molecule has 1 aliphatic heterocycles. The van der Waals surface area contributed by atoms with Crippen molar-refractivity contribution in [3.63, 3.8) is 0 Å². The van der Waals surface area contributed by atoms with Crippen LogP contribution in [0.3, 0.4) is 0 Å². The van der Waals surface area contributed by atoms with Gasteiger partial charge in [0.05, 0.1) is 12.5 Å². The lowest BCUT2D eigenvalue weighted by molar-refractivity contribution is -0.115. The second-order valence-corrected chi connectivity index (χ2v) is 7.12. The van der Waals surface area contributed by atoms with Crippen LogP contribution in [0.15, 0.2) is 67.5 Å². The summed E-state index contributed by atoms with van der Waals surface area (Å²) in [4.78, 5) is 15.4. The molecule has 1 unspecified atom stereocenters. The fourth-order valence-corrected chi connectivity index (χ4v) is 3.42. The largest absolute Gasteiger partial charge is 0.494 e. The van der Waals surface area contributed by atoms with Crippen LogP contribution in [0.2, 0.25) is 0 Å². The van der Waals surface area contributed by atoms with E-state index in [2.05, 4.69) is 38.6 Å². The first-order valence-corrected chi connectivity index (χ1v) is 9.51. The standard InChI is InChI=1S/C24H27NO2/c1-5-25-15-22(19-10-7-9-18(13-19)17(3)4)24(26)23(16-25)20-11-8-12-21(14-20)27-6-2/h5,7-14,16-17,22H,1,6,15H2,2-4H3. The Kier molecular flexibility index (Phi) is 5.80. The highest BCUT2D eigenvalue weighted by atomic mass is 16.5. The first-order chi connectivity index (χ1) is 13.0. The van der Waals surface area contributed by atoms with E-state index >= 15 is 0 Å². The fraction of sp³-hybridized carbons (Fsp3) is 0.292. The van der Waals surface area contributed by atoms with Gasteiger partial charge in [0.15, 0.2) is 5.78 Å². The van der Waals surface area contributed by atoms with E-state index in [1.54, 1.807) is 6.20 Å². The molecule has 0 spiro atoms. The van der Waals surface area contributed by atoms with E-state index in [0.717, 1.165) is 16.9 Å². The molecular formula is C24H27NO2. The Morgan fingerprint density at radius 3 is 2.70 bits per heavy atom. The molecule has 0 aliphatic carbocycles. The maximum absolute atomic E-state index is 13.4. The number of ketones is 1. The molecule has 0 fully saturated rings. The molecule has 0 saturated carbocycles. The maximum atomic E-state index is 13.4. The predicted molar refractivity (Wildman–Crippen MR) is 111 cm³/mol. The zero-order valence-electron chi connectivity index (χ0n) is 16.3. The Hall–Kier alpha value is -2.81.